The lowest BCUT2D eigenvalue weighted by atomic mass is 10.2. The molecule has 2 aromatic carbocycles. The molecule has 162 valence electrons. The average molecular weight is 467 g/mol. The third-order valence-electron chi connectivity index (χ3n) is 4.75. The van der Waals surface area contributed by atoms with Crippen molar-refractivity contribution in [2.75, 3.05) is 0 Å². The fraction of sp³-hybridized carbons (Fsp3) is 0.0870. The number of nitrogens with zero attached hydrogens (tertiary/aromatic N) is 2. The van der Waals surface area contributed by atoms with Crippen LogP contribution in [0.2, 0.25) is 5.02 Å². The Morgan fingerprint density at radius 2 is 2.00 bits per heavy atom. The second kappa shape index (κ2) is 9.67. The predicted molar refractivity (Wildman–Crippen MR) is 126 cm³/mol. The quantitative estimate of drug-likeness (QED) is 0.282. The molecule has 2 amide bonds. The zero-order valence-corrected chi connectivity index (χ0v) is 18.4. The molecular formula is C23H19ClN4O3S. The molecule has 4 aromatic rings. The molecule has 0 unspecified atom stereocenters. The molecule has 0 atom stereocenters. The van der Waals surface area contributed by atoms with Crippen molar-refractivity contribution in [2.24, 2.45) is 5.10 Å². The number of phenols is 1. The summed E-state index contributed by atoms with van der Waals surface area (Å²) in [7, 11) is 0. The molecule has 0 bridgehead atoms. The Balaban J connectivity index is 1.46. The van der Waals surface area contributed by atoms with Crippen molar-refractivity contribution in [1.29, 1.82) is 0 Å². The Morgan fingerprint density at radius 3 is 2.78 bits per heavy atom. The number of aromatic hydroxyl groups is 1. The van der Waals surface area contributed by atoms with E-state index in [4.69, 9.17) is 11.6 Å². The maximum Gasteiger partial charge on any atom is 0.271 e. The molecule has 0 aliphatic rings. The first-order chi connectivity index (χ1) is 15.5. The van der Waals surface area contributed by atoms with Crippen molar-refractivity contribution >= 4 is 51.9 Å². The van der Waals surface area contributed by atoms with Gasteiger partial charge in [0.05, 0.1) is 17.8 Å². The summed E-state index contributed by atoms with van der Waals surface area (Å²) in [6.07, 6.45) is 3.35. The Labute approximate surface area is 192 Å². The Hall–Kier alpha value is -3.62. The van der Waals surface area contributed by atoms with Gasteiger partial charge in [-0.25, -0.2) is 5.43 Å². The third kappa shape index (κ3) is 4.99. The molecule has 3 N–H and O–H groups in total. The molecule has 2 heterocycles. The summed E-state index contributed by atoms with van der Waals surface area (Å²) in [6, 6.07) is 15.7. The van der Waals surface area contributed by atoms with Crippen molar-refractivity contribution in [3.05, 3.63) is 87.2 Å². The smallest absolute Gasteiger partial charge is 0.271 e. The van der Waals surface area contributed by atoms with Gasteiger partial charge in [-0.3, -0.25) is 9.59 Å². The number of phenolic OH excluding ortho intramolecular Hbond substituents is 1. The van der Waals surface area contributed by atoms with E-state index >= 15 is 0 Å². The summed E-state index contributed by atoms with van der Waals surface area (Å²) in [4.78, 5) is 25.8. The molecule has 0 radical (unpaired) electrons. The fourth-order valence-electron chi connectivity index (χ4n) is 3.19. The van der Waals surface area contributed by atoms with Crippen LogP contribution in [-0.2, 0) is 17.9 Å². The maximum atomic E-state index is 12.4. The first-order valence-corrected chi connectivity index (χ1v) is 11.0. The number of carbonyl (C=O) groups is 2. The summed E-state index contributed by atoms with van der Waals surface area (Å²) >= 11 is 7.44. The molecule has 9 heteroatoms. The van der Waals surface area contributed by atoms with Crippen LogP contribution in [0.4, 0.5) is 0 Å². The topological polar surface area (TPSA) is 95.7 Å². The number of aromatic nitrogens is 1. The number of nitrogens with one attached hydrogen (secondary N) is 2. The van der Waals surface area contributed by atoms with E-state index in [0.29, 0.717) is 6.54 Å². The van der Waals surface area contributed by atoms with Crippen LogP contribution in [0.25, 0.3) is 10.9 Å². The van der Waals surface area contributed by atoms with Crippen LogP contribution in [-0.4, -0.2) is 27.7 Å². The van der Waals surface area contributed by atoms with Crippen molar-refractivity contribution < 1.29 is 14.7 Å². The van der Waals surface area contributed by atoms with Gasteiger partial charge in [0.2, 0.25) is 5.91 Å². The number of benzene rings is 2. The Kier molecular flexibility index (Phi) is 6.53. The summed E-state index contributed by atoms with van der Waals surface area (Å²) < 4.78 is 1.85. The molecule has 7 nitrogen and oxygen atoms in total. The fourth-order valence-corrected chi connectivity index (χ4v) is 4.02. The first kappa shape index (κ1) is 21.6. The van der Waals surface area contributed by atoms with Crippen LogP contribution in [0.15, 0.2) is 71.3 Å². The summed E-state index contributed by atoms with van der Waals surface area (Å²) in [5.41, 5.74) is 4.37. The minimum absolute atomic E-state index is 0.0852. The van der Waals surface area contributed by atoms with Crippen LogP contribution < -0.4 is 10.7 Å². The SMILES string of the molecule is O=C(Cn1cc(/C=N/NC(=O)c2ccc(O)c(Cl)c2)c2ccccc21)NCc1cccs1. The number of fused-ring (bicyclic) bond motifs is 1. The standard InChI is InChI=1S/C23H19ClN4O3S/c24-19-10-15(7-8-21(19)29)23(31)27-26-11-16-13-28(20-6-2-1-5-18(16)20)14-22(30)25-12-17-4-3-9-32-17/h1-11,13,29H,12,14H2,(H,25,30)(H,27,31)/b26-11+. The number of para-hydroxylation sites is 1. The van der Waals surface area contributed by atoms with Gasteiger partial charge in [-0.2, -0.15) is 5.10 Å². The largest absolute Gasteiger partial charge is 0.506 e. The van der Waals surface area contributed by atoms with E-state index in [1.54, 1.807) is 11.3 Å². The molecule has 2 aromatic heterocycles. The molecule has 0 aliphatic heterocycles. The van der Waals surface area contributed by atoms with Gasteiger partial charge in [0, 0.05) is 33.1 Å². The van der Waals surface area contributed by atoms with Gasteiger partial charge in [-0.1, -0.05) is 35.9 Å². The summed E-state index contributed by atoms with van der Waals surface area (Å²) in [5.74, 6) is -0.654. The zero-order chi connectivity index (χ0) is 22.5. The number of thiophene rings is 1. The number of amides is 2. The highest BCUT2D eigenvalue weighted by molar-refractivity contribution is 7.09. The zero-order valence-electron chi connectivity index (χ0n) is 16.8. The number of rotatable bonds is 7. The molecule has 0 aliphatic carbocycles. The van der Waals surface area contributed by atoms with Crippen LogP contribution in [0.5, 0.6) is 5.75 Å². The predicted octanol–water partition coefficient (Wildman–Crippen LogP) is 4.14. The van der Waals surface area contributed by atoms with Crippen LogP contribution in [0, 0.1) is 0 Å². The van der Waals surface area contributed by atoms with E-state index in [1.165, 1.54) is 24.4 Å². The third-order valence-corrected chi connectivity index (χ3v) is 5.93. The summed E-state index contributed by atoms with van der Waals surface area (Å²) in [6.45, 7) is 0.662. The van der Waals surface area contributed by atoms with Crippen molar-refractivity contribution in [2.45, 2.75) is 13.1 Å². The lowest BCUT2D eigenvalue weighted by molar-refractivity contribution is -0.121. The number of hydrogen-bond donors (Lipinski definition) is 3. The van der Waals surface area contributed by atoms with Gasteiger partial charge in [0.1, 0.15) is 12.3 Å². The van der Waals surface area contributed by atoms with Crippen molar-refractivity contribution in [3.8, 4) is 5.75 Å². The molecule has 0 fully saturated rings. The number of halogens is 1. The maximum absolute atomic E-state index is 12.4. The normalized spacial score (nSPS) is 11.2. The second-order valence-electron chi connectivity index (χ2n) is 6.95. The highest BCUT2D eigenvalue weighted by Gasteiger charge is 2.11. The highest BCUT2D eigenvalue weighted by atomic mass is 35.5. The van der Waals surface area contributed by atoms with Gasteiger partial charge in [0.15, 0.2) is 0 Å². The molecular weight excluding hydrogens is 448 g/mol. The Bertz CT molecular complexity index is 1300. The number of hydrogen-bond acceptors (Lipinski definition) is 5. The van der Waals surface area contributed by atoms with E-state index in [9.17, 15) is 14.7 Å². The molecule has 32 heavy (non-hydrogen) atoms. The van der Waals surface area contributed by atoms with Crippen molar-refractivity contribution in [3.63, 3.8) is 0 Å². The monoisotopic (exact) mass is 466 g/mol. The molecule has 0 saturated carbocycles. The second-order valence-corrected chi connectivity index (χ2v) is 8.39. The molecule has 0 spiro atoms. The van der Waals surface area contributed by atoms with Gasteiger partial charge >= 0.3 is 0 Å². The van der Waals surface area contributed by atoms with Crippen LogP contribution >= 0.6 is 22.9 Å². The van der Waals surface area contributed by atoms with E-state index in [1.807, 2.05) is 52.5 Å². The van der Waals surface area contributed by atoms with Gasteiger partial charge in [-0.05, 0) is 35.7 Å². The summed E-state index contributed by atoms with van der Waals surface area (Å²) in [5, 5.41) is 19.4. The van der Waals surface area contributed by atoms with Gasteiger partial charge < -0.3 is 15.0 Å². The first-order valence-electron chi connectivity index (χ1n) is 9.70. The van der Waals surface area contributed by atoms with Crippen molar-refractivity contribution in [1.82, 2.24) is 15.3 Å². The van der Waals surface area contributed by atoms with Crippen LogP contribution in [0.3, 0.4) is 0 Å². The van der Waals surface area contributed by atoms with Crippen LogP contribution in [0.1, 0.15) is 20.8 Å². The van der Waals surface area contributed by atoms with Gasteiger partial charge in [0.25, 0.3) is 5.91 Å². The molecule has 0 saturated heterocycles. The van der Waals surface area contributed by atoms with E-state index < -0.39 is 5.91 Å². The van der Waals surface area contributed by atoms with E-state index in [-0.39, 0.29) is 28.8 Å². The molecule has 4 rings (SSSR count). The average Bonchev–Trinajstić information content (AvgIpc) is 3.43. The number of hydrazone groups is 1. The van der Waals surface area contributed by atoms with Gasteiger partial charge in [-0.15, -0.1) is 11.3 Å². The lowest BCUT2D eigenvalue weighted by Crippen LogP contribution is -2.26. The Morgan fingerprint density at radius 1 is 1.16 bits per heavy atom. The minimum atomic E-state index is -0.458. The number of carbonyl (C=O) groups excluding carboxylic acids is 2. The minimum Gasteiger partial charge on any atom is -0.506 e. The highest BCUT2D eigenvalue weighted by Crippen LogP contribution is 2.23. The van der Waals surface area contributed by atoms with E-state index in [2.05, 4.69) is 15.8 Å². The lowest BCUT2D eigenvalue weighted by Gasteiger charge is -2.06. The van der Waals surface area contributed by atoms with E-state index in [0.717, 1.165) is 21.3 Å².